The van der Waals surface area contributed by atoms with Crippen molar-refractivity contribution in [1.29, 1.82) is 0 Å². The summed E-state index contributed by atoms with van der Waals surface area (Å²) in [6.07, 6.45) is 0. The molecule has 2 N–H and O–H groups in total. The molecule has 11 aromatic rings. The van der Waals surface area contributed by atoms with E-state index in [2.05, 4.69) is 279 Å². The molecule has 0 aliphatic carbocycles. The minimum absolute atomic E-state index is 0.0778. The lowest BCUT2D eigenvalue weighted by Gasteiger charge is -2.26. The van der Waals surface area contributed by atoms with E-state index >= 15 is 0 Å². The number of aromatic amines is 2. The zero-order valence-electron chi connectivity index (χ0n) is 62.7. The van der Waals surface area contributed by atoms with Gasteiger partial charge in [0.25, 0.3) is 5.69 Å². The van der Waals surface area contributed by atoms with Crippen molar-refractivity contribution in [3.8, 4) is 90.1 Å². The average molecular weight is 1310 g/mol. The first-order valence-electron chi connectivity index (χ1n) is 35.1. The van der Waals surface area contributed by atoms with Crippen molar-refractivity contribution in [3.63, 3.8) is 0 Å². The molecule has 0 unspecified atom stereocenters. The molecule has 0 radical (unpaired) electrons. The molecule has 13 rings (SSSR count). The second-order valence-corrected chi connectivity index (χ2v) is 36.1. The standard InChI is InChI=1S/C88H97N9O2/c1-81(2,3)52-35-48(36-53(43-52)82(4,5)6)69-64-31-32-66(89-64)71(50-39-56(85(13,14)15)45-57(40-50)86(16,17)18)75-79-80(94-68-47-60(97(98)99)29-30-63(68)93-79)76(96-75)72(51-41-58(87(19,20)21)46-59(42-51)88(22,23)24)67-34-33-65(90-67)70(49-37-54(83(7,8)9)44-55(38-49)84(10,11)12)74-78-77(73(69)95-74)91-61-27-25-26-28-62(61)92-78/h25-47,89-90H,1-24H3. The van der Waals surface area contributed by atoms with Gasteiger partial charge >= 0.3 is 0 Å². The number of nitrogens with zero attached hydrogens (tertiary/aromatic N) is 7. The van der Waals surface area contributed by atoms with Gasteiger partial charge in [0.15, 0.2) is 0 Å². The molecule has 11 heteroatoms. The highest BCUT2D eigenvalue weighted by Crippen LogP contribution is 2.52. The maximum Gasteiger partial charge on any atom is 0.271 e. The molecule has 11 nitrogen and oxygen atoms in total. The molecule has 7 heterocycles. The zero-order valence-corrected chi connectivity index (χ0v) is 62.7. The van der Waals surface area contributed by atoms with Crippen molar-refractivity contribution >= 4 is 49.8 Å². The second kappa shape index (κ2) is 23.0. The first-order valence-corrected chi connectivity index (χ1v) is 35.1. The van der Waals surface area contributed by atoms with Crippen molar-refractivity contribution in [2.75, 3.05) is 0 Å². The predicted octanol–water partition coefficient (Wildman–Crippen LogP) is 23.8. The Hall–Kier alpha value is -9.48. The fourth-order valence-electron chi connectivity index (χ4n) is 13.6. The number of nitro groups is 1. The van der Waals surface area contributed by atoms with Crippen LogP contribution in [0.3, 0.4) is 0 Å². The Balaban J connectivity index is 1.38. The number of para-hydroxylation sites is 2. The Kier molecular flexibility index (Phi) is 15.8. The van der Waals surface area contributed by atoms with Crippen LogP contribution in [0.15, 0.2) is 140 Å². The molecule has 0 spiro atoms. The molecule has 2 aliphatic heterocycles. The van der Waals surface area contributed by atoms with Gasteiger partial charge in [0, 0.05) is 56.5 Å². The van der Waals surface area contributed by atoms with Gasteiger partial charge in [-0.25, -0.2) is 29.9 Å². The molecule has 0 amide bonds. The van der Waals surface area contributed by atoms with Crippen LogP contribution in [-0.2, 0) is 43.3 Å². The van der Waals surface area contributed by atoms with Crippen LogP contribution in [0.4, 0.5) is 5.69 Å². The normalized spacial score (nSPS) is 13.3. The summed E-state index contributed by atoms with van der Waals surface area (Å²) in [5, 5.41) is 12.8. The largest absolute Gasteiger partial charge is 0.354 e. The number of nitrogens with one attached hydrogen (secondary N) is 2. The molecule has 0 saturated heterocycles. The van der Waals surface area contributed by atoms with Crippen molar-refractivity contribution in [1.82, 2.24) is 39.9 Å². The molecular formula is C88H97N9O2. The summed E-state index contributed by atoms with van der Waals surface area (Å²) >= 11 is 0. The third-order valence-corrected chi connectivity index (χ3v) is 20.0. The topological polar surface area (TPSA) is 152 Å². The summed E-state index contributed by atoms with van der Waals surface area (Å²) in [5.74, 6) is 0. The molecule has 99 heavy (non-hydrogen) atoms. The maximum atomic E-state index is 12.8. The van der Waals surface area contributed by atoms with E-state index in [9.17, 15) is 10.1 Å². The summed E-state index contributed by atoms with van der Waals surface area (Å²) in [7, 11) is 0. The van der Waals surface area contributed by atoms with Crippen LogP contribution in [-0.4, -0.2) is 44.8 Å². The number of nitro benzene ring substituents is 1. The van der Waals surface area contributed by atoms with E-state index < -0.39 is 0 Å². The van der Waals surface area contributed by atoms with E-state index in [0.717, 1.165) is 99.9 Å². The first-order chi connectivity index (χ1) is 45.9. The molecule has 0 saturated carbocycles. The van der Waals surface area contributed by atoms with Crippen molar-refractivity contribution < 1.29 is 4.92 Å². The van der Waals surface area contributed by atoms with Crippen molar-refractivity contribution in [3.05, 3.63) is 194 Å². The van der Waals surface area contributed by atoms with Crippen LogP contribution in [0, 0.1) is 10.1 Å². The third kappa shape index (κ3) is 12.7. The van der Waals surface area contributed by atoms with Gasteiger partial charge in [-0.15, -0.1) is 0 Å². The van der Waals surface area contributed by atoms with Gasteiger partial charge in [-0.2, -0.15) is 0 Å². The first kappa shape index (κ1) is 68.1. The van der Waals surface area contributed by atoms with Crippen LogP contribution in [0.1, 0.15) is 211 Å². The van der Waals surface area contributed by atoms with Crippen LogP contribution in [0.5, 0.6) is 0 Å². The summed E-state index contributed by atoms with van der Waals surface area (Å²) in [6.45, 7) is 54.6. The highest BCUT2D eigenvalue weighted by molar-refractivity contribution is 6.07. The molecule has 506 valence electrons. The van der Waals surface area contributed by atoms with Gasteiger partial charge < -0.3 is 9.97 Å². The highest BCUT2D eigenvalue weighted by Gasteiger charge is 2.36. The van der Waals surface area contributed by atoms with Crippen LogP contribution in [0.25, 0.3) is 134 Å². The predicted molar refractivity (Wildman–Crippen MR) is 414 cm³/mol. The monoisotopic (exact) mass is 1310 g/mol. The fraction of sp³-hybridized carbons (Fsp3) is 0.364. The van der Waals surface area contributed by atoms with Gasteiger partial charge in [0.2, 0.25) is 0 Å². The van der Waals surface area contributed by atoms with E-state index in [4.69, 9.17) is 29.9 Å². The Morgan fingerprint density at radius 1 is 0.263 bits per heavy atom. The summed E-state index contributed by atoms with van der Waals surface area (Å²) < 4.78 is 0. The quantitative estimate of drug-likeness (QED) is 0.128. The van der Waals surface area contributed by atoms with Crippen LogP contribution in [0.2, 0.25) is 0 Å². The van der Waals surface area contributed by atoms with E-state index in [1.807, 2.05) is 18.2 Å². The summed E-state index contributed by atoms with van der Waals surface area (Å²) in [4.78, 5) is 55.7. The maximum absolute atomic E-state index is 12.8. The van der Waals surface area contributed by atoms with Crippen LogP contribution < -0.4 is 0 Å². The molecule has 2 aliphatic rings. The second-order valence-electron chi connectivity index (χ2n) is 36.1. The van der Waals surface area contributed by atoms with Gasteiger partial charge in [0.05, 0.1) is 27.0 Å². The lowest BCUT2D eigenvalue weighted by Crippen LogP contribution is -2.16. The minimum Gasteiger partial charge on any atom is -0.354 e. The third-order valence-electron chi connectivity index (χ3n) is 20.0. The molecule has 0 fully saturated rings. The van der Waals surface area contributed by atoms with E-state index in [0.29, 0.717) is 56.6 Å². The molecule has 8 bridgehead atoms. The summed E-state index contributed by atoms with van der Waals surface area (Å²) in [5.41, 5.74) is 25.0. The molecule has 0 atom stereocenters. The van der Waals surface area contributed by atoms with Crippen molar-refractivity contribution in [2.24, 2.45) is 0 Å². The number of benzene rings is 6. The molecule has 5 aromatic heterocycles. The number of aromatic nitrogens is 8. The molecular weight excluding hydrogens is 1220 g/mol. The number of hydrogen-bond donors (Lipinski definition) is 2. The number of H-pyrrole nitrogens is 2. The van der Waals surface area contributed by atoms with Crippen LogP contribution >= 0.6 is 0 Å². The van der Waals surface area contributed by atoms with Crippen molar-refractivity contribution in [2.45, 2.75) is 209 Å². The van der Waals surface area contributed by atoms with Gasteiger partial charge in [-0.1, -0.05) is 251 Å². The van der Waals surface area contributed by atoms with E-state index in [1.54, 1.807) is 6.07 Å². The number of hydrogen-bond acceptors (Lipinski definition) is 8. The fourth-order valence-corrected chi connectivity index (χ4v) is 13.6. The van der Waals surface area contributed by atoms with Gasteiger partial charge in [0.1, 0.15) is 45.6 Å². The van der Waals surface area contributed by atoms with E-state index in [-0.39, 0.29) is 53.9 Å². The lowest BCUT2D eigenvalue weighted by molar-refractivity contribution is -0.384. The van der Waals surface area contributed by atoms with Gasteiger partial charge in [-0.05, 0) is 153 Å². The highest BCUT2D eigenvalue weighted by atomic mass is 16.6. The van der Waals surface area contributed by atoms with E-state index in [1.165, 1.54) is 34.4 Å². The smallest absolute Gasteiger partial charge is 0.271 e. The average Bonchev–Trinajstić information content (AvgIpc) is 1.59. The Labute approximate surface area is 585 Å². The number of fused-ring (bicyclic) bond motifs is 16. The Morgan fingerprint density at radius 3 is 0.707 bits per heavy atom. The number of non-ortho nitro benzene ring substituents is 1. The zero-order chi connectivity index (χ0) is 71.6. The lowest BCUT2D eigenvalue weighted by atomic mass is 9.78. The Morgan fingerprint density at radius 2 is 0.485 bits per heavy atom. The summed E-state index contributed by atoms with van der Waals surface area (Å²) in [6, 6.07) is 49.9. The number of rotatable bonds is 5. The Bertz CT molecular complexity index is 5240. The van der Waals surface area contributed by atoms with Gasteiger partial charge in [-0.3, -0.25) is 10.1 Å². The minimum atomic E-state index is -0.368. The SMILES string of the molecule is CC(C)(C)c1cc(-c2c3nc(c(-c4cc(C(C)(C)C)cc(C(C)(C)C)c4)c4ccc([nH]4)c(-c4cc(C(C)(C)C)cc(C(C)(C)C)c4)c4nc(c(-c5cc(C(C)(C)C)cc(C(C)(C)C)c5)c5ccc2[nH]5)-c2nc5ccc([N+](=O)[O-])cc5nc2-4)-c2nc4ccccc4nc2-3)cc(C(C)(C)C)c1. The molecule has 6 aromatic carbocycles.